The summed E-state index contributed by atoms with van der Waals surface area (Å²) in [6.45, 7) is 6.53. The number of piperidine rings is 1. The van der Waals surface area contributed by atoms with Crippen molar-refractivity contribution in [2.75, 3.05) is 0 Å². The van der Waals surface area contributed by atoms with Crippen molar-refractivity contribution in [3.63, 3.8) is 0 Å². The molecule has 1 saturated heterocycles. The number of rotatable bonds is 3. The average molecular weight is 342 g/mol. The second-order valence-electron chi connectivity index (χ2n) is 7.90. The Hall–Kier alpha value is -2.37. The molecule has 1 atom stereocenters. The van der Waals surface area contributed by atoms with Gasteiger partial charge in [0.2, 0.25) is 11.8 Å². The summed E-state index contributed by atoms with van der Waals surface area (Å²) in [5.74, 6) is -0.692. The van der Waals surface area contributed by atoms with Crippen molar-refractivity contribution in [2.24, 2.45) is 12.5 Å². The van der Waals surface area contributed by atoms with Crippen LogP contribution in [0.25, 0.3) is 11.0 Å². The first-order chi connectivity index (χ1) is 11.7. The third-order valence-electron chi connectivity index (χ3n) is 4.59. The SMILES string of the molecule is Cn1c(=O)n(C2CCC(=O)NC2=O)c2ccc([CH]CC(C)(C)C)cc21. The fraction of sp³-hybridized carbons (Fsp3) is 0.474. The van der Waals surface area contributed by atoms with Gasteiger partial charge in [-0.1, -0.05) is 26.8 Å². The van der Waals surface area contributed by atoms with Crippen LogP contribution >= 0.6 is 0 Å². The molecule has 25 heavy (non-hydrogen) atoms. The van der Waals surface area contributed by atoms with Crippen LogP contribution in [0, 0.1) is 11.8 Å². The Kier molecular flexibility index (Phi) is 4.31. The lowest BCUT2D eigenvalue weighted by atomic mass is 9.88. The Balaban J connectivity index is 2.01. The van der Waals surface area contributed by atoms with E-state index < -0.39 is 11.9 Å². The first-order valence-corrected chi connectivity index (χ1v) is 8.55. The Morgan fingerprint density at radius 3 is 2.56 bits per heavy atom. The summed E-state index contributed by atoms with van der Waals surface area (Å²) in [6, 6.07) is 5.19. The van der Waals surface area contributed by atoms with Crippen molar-refractivity contribution in [1.82, 2.24) is 14.5 Å². The van der Waals surface area contributed by atoms with Crippen molar-refractivity contribution < 1.29 is 9.59 Å². The monoisotopic (exact) mass is 342 g/mol. The number of aryl methyl sites for hydroxylation is 1. The van der Waals surface area contributed by atoms with E-state index in [9.17, 15) is 14.4 Å². The zero-order valence-corrected chi connectivity index (χ0v) is 15.1. The molecule has 1 aromatic carbocycles. The van der Waals surface area contributed by atoms with Crippen molar-refractivity contribution in [2.45, 2.75) is 46.1 Å². The van der Waals surface area contributed by atoms with Crippen molar-refractivity contribution >= 4 is 22.8 Å². The van der Waals surface area contributed by atoms with Crippen LogP contribution in [-0.2, 0) is 16.6 Å². The van der Waals surface area contributed by atoms with E-state index in [0.29, 0.717) is 6.42 Å². The molecule has 2 amide bonds. The van der Waals surface area contributed by atoms with Gasteiger partial charge in [-0.25, -0.2) is 4.79 Å². The maximum absolute atomic E-state index is 12.7. The number of carbonyl (C=O) groups is 2. The Morgan fingerprint density at radius 2 is 1.92 bits per heavy atom. The summed E-state index contributed by atoms with van der Waals surface area (Å²) in [7, 11) is 1.71. The zero-order chi connectivity index (χ0) is 18.4. The molecule has 0 spiro atoms. The van der Waals surface area contributed by atoms with Crippen molar-refractivity contribution in [3.05, 3.63) is 40.7 Å². The number of hydrogen-bond donors (Lipinski definition) is 1. The molecule has 6 nitrogen and oxygen atoms in total. The second-order valence-corrected chi connectivity index (χ2v) is 7.90. The molecule has 1 aliphatic heterocycles. The summed E-state index contributed by atoms with van der Waals surface area (Å²) < 4.78 is 3.07. The average Bonchev–Trinajstić information content (AvgIpc) is 2.77. The number of aromatic nitrogens is 2. The van der Waals surface area contributed by atoms with Crippen LogP contribution in [-0.4, -0.2) is 20.9 Å². The molecular weight excluding hydrogens is 318 g/mol. The van der Waals surface area contributed by atoms with Crippen LogP contribution in [0.3, 0.4) is 0 Å². The summed E-state index contributed by atoms with van der Waals surface area (Å²) in [5.41, 5.74) is 2.52. The van der Waals surface area contributed by atoms with Gasteiger partial charge in [0.1, 0.15) is 6.04 Å². The number of imide groups is 1. The molecule has 2 heterocycles. The number of fused-ring (bicyclic) bond motifs is 1. The largest absolute Gasteiger partial charge is 0.329 e. The van der Waals surface area contributed by atoms with Gasteiger partial charge in [-0.2, -0.15) is 0 Å². The van der Waals surface area contributed by atoms with Crippen LogP contribution < -0.4 is 11.0 Å². The van der Waals surface area contributed by atoms with Gasteiger partial charge in [0.05, 0.1) is 11.0 Å². The molecule has 1 fully saturated rings. The quantitative estimate of drug-likeness (QED) is 0.870. The minimum atomic E-state index is -0.640. The number of nitrogens with zero attached hydrogens (tertiary/aromatic N) is 2. The van der Waals surface area contributed by atoms with E-state index in [0.717, 1.165) is 23.0 Å². The number of imidazole rings is 1. The number of amides is 2. The van der Waals surface area contributed by atoms with E-state index in [1.807, 2.05) is 18.2 Å². The first-order valence-electron chi connectivity index (χ1n) is 8.55. The Bertz CT molecular complexity index is 899. The smallest absolute Gasteiger partial charge is 0.295 e. The minimum Gasteiger partial charge on any atom is -0.295 e. The van der Waals surface area contributed by atoms with E-state index in [1.54, 1.807) is 11.6 Å². The molecule has 1 N–H and O–H groups in total. The van der Waals surface area contributed by atoms with Gasteiger partial charge < -0.3 is 0 Å². The fourth-order valence-electron chi connectivity index (χ4n) is 3.16. The Morgan fingerprint density at radius 1 is 1.20 bits per heavy atom. The van der Waals surface area contributed by atoms with Gasteiger partial charge in [-0.05, 0) is 42.4 Å². The van der Waals surface area contributed by atoms with Gasteiger partial charge in [0.15, 0.2) is 0 Å². The number of benzene rings is 1. The fourth-order valence-corrected chi connectivity index (χ4v) is 3.16. The summed E-state index contributed by atoms with van der Waals surface area (Å²) in [5, 5.41) is 2.32. The van der Waals surface area contributed by atoms with Gasteiger partial charge in [0.25, 0.3) is 0 Å². The maximum Gasteiger partial charge on any atom is 0.329 e. The minimum absolute atomic E-state index is 0.194. The maximum atomic E-state index is 12.7. The molecule has 1 aromatic heterocycles. The standard InChI is InChI=1S/C19H24N3O3/c1-19(2,3)10-9-12-5-6-13-15(11-12)21(4)18(25)22(13)14-7-8-16(23)20-17(14)24/h5-6,9,11,14H,7-8,10H2,1-4H3,(H,20,23,24). The van der Waals surface area contributed by atoms with E-state index >= 15 is 0 Å². The zero-order valence-electron chi connectivity index (χ0n) is 15.1. The highest BCUT2D eigenvalue weighted by atomic mass is 16.2. The lowest BCUT2D eigenvalue weighted by molar-refractivity contribution is -0.135. The summed E-state index contributed by atoms with van der Waals surface area (Å²) in [4.78, 5) is 36.2. The summed E-state index contributed by atoms with van der Waals surface area (Å²) >= 11 is 0. The van der Waals surface area contributed by atoms with Gasteiger partial charge >= 0.3 is 5.69 Å². The van der Waals surface area contributed by atoms with E-state index in [-0.39, 0.29) is 23.4 Å². The highest BCUT2D eigenvalue weighted by molar-refractivity contribution is 6.00. The van der Waals surface area contributed by atoms with Crippen LogP contribution in [0.2, 0.25) is 0 Å². The van der Waals surface area contributed by atoms with Crippen LogP contribution in [0.4, 0.5) is 0 Å². The summed E-state index contributed by atoms with van der Waals surface area (Å²) in [6.07, 6.45) is 3.69. The second kappa shape index (κ2) is 6.17. The molecule has 1 unspecified atom stereocenters. The Labute approximate surface area is 146 Å². The molecule has 2 aromatic rings. The third-order valence-corrected chi connectivity index (χ3v) is 4.59. The molecule has 1 aliphatic rings. The number of carbonyl (C=O) groups excluding carboxylic acids is 2. The molecule has 133 valence electrons. The highest BCUT2D eigenvalue weighted by Gasteiger charge is 2.31. The van der Waals surface area contributed by atoms with Gasteiger partial charge in [-0.15, -0.1) is 0 Å². The molecule has 0 aliphatic carbocycles. The van der Waals surface area contributed by atoms with Crippen molar-refractivity contribution in [1.29, 1.82) is 0 Å². The first kappa shape index (κ1) is 17.5. The van der Waals surface area contributed by atoms with Gasteiger partial charge in [-0.3, -0.25) is 24.0 Å². The topological polar surface area (TPSA) is 73.1 Å². The molecule has 1 radical (unpaired) electrons. The van der Waals surface area contributed by atoms with Crippen LogP contribution in [0.5, 0.6) is 0 Å². The lowest BCUT2D eigenvalue weighted by Crippen LogP contribution is -2.44. The number of hydrogen-bond acceptors (Lipinski definition) is 3. The number of nitrogens with one attached hydrogen (secondary N) is 1. The molecular formula is C19H24N3O3. The van der Waals surface area contributed by atoms with E-state index in [1.165, 1.54) is 4.57 Å². The molecule has 0 saturated carbocycles. The van der Waals surface area contributed by atoms with Gasteiger partial charge in [0, 0.05) is 13.5 Å². The highest BCUT2D eigenvalue weighted by Crippen LogP contribution is 2.26. The van der Waals surface area contributed by atoms with Crippen molar-refractivity contribution in [3.8, 4) is 0 Å². The van der Waals surface area contributed by atoms with E-state index in [2.05, 4.69) is 32.5 Å². The molecule has 0 bridgehead atoms. The lowest BCUT2D eigenvalue weighted by Gasteiger charge is -2.22. The van der Waals surface area contributed by atoms with E-state index in [4.69, 9.17) is 0 Å². The third kappa shape index (κ3) is 3.38. The normalized spacial score (nSPS) is 18.6. The molecule has 3 rings (SSSR count). The predicted molar refractivity (Wildman–Crippen MR) is 96.1 cm³/mol. The predicted octanol–water partition coefficient (Wildman–Crippen LogP) is 2.31. The van der Waals surface area contributed by atoms with Crippen LogP contribution in [0.1, 0.15) is 51.6 Å². The van der Waals surface area contributed by atoms with Crippen LogP contribution in [0.15, 0.2) is 23.0 Å². The molecule has 6 heteroatoms.